The third-order valence-electron chi connectivity index (χ3n) is 4.00. The van der Waals surface area contributed by atoms with Crippen molar-refractivity contribution in [3.8, 4) is 5.13 Å². The van der Waals surface area contributed by atoms with Gasteiger partial charge in [-0.2, -0.15) is 4.37 Å². The summed E-state index contributed by atoms with van der Waals surface area (Å²) in [5.41, 5.74) is 1.60. The quantitative estimate of drug-likeness (QED) is 0.598. The average Bonchev–Trinajstić information content (AvgIpc) is 3.10. The number of carbonyl (C=O) groups is 1. The maximum absolute atomic E-state index is 12.9. The van der Waals surface area contributed by atoms with Crippen LogP contribution in [0.3, 0.4) is 0 Å². The smallest absolute Gasteiger partial charge is 0.343 e. The predicted molar refractivity (Wildman–Crippen MR) is 102 cm³/mol. The summed E-state index contributed by atoms with van der Waals surface area (Å²) in [6, 6.07) is 1.86. The Labute approximate surface area is 160 Å². The molecule has 0 saturated carbocycles. The number of nitrogens with zero attached hydrogens (tertiary/aromatic N) is 4. The third kappa shape index (κ3) is 3.60. The zero-order valence-corrected chi connectivity index (χ0v) is 16.4. The summed E-state index contributed by atoms with van der Waals surface area (Å²) in [5.74, 6) is -0.149. The van der Waals surface area contributed by atoms with E-state index in [1.165, 1.54) is 6.20 Å². The van der Waals surface area contributed by atoms with Crippen LogP contribution in [0.5, 0.6) is 0 Å². The molecule has 0 aromatic carbocycles. The van der Waals surface area contributed by atoms with E-state index in [9.17, 15) is 9.59 Å². The SMILES string of the molecule is CCOC(=O)c1cn(-c2nc(COC)ns2)c2nc(CC)cc(C)c2c1=O. The van der Waals surface area contributed by atoms with E-state index in [0.717, 1.165) is 29.2 Å². The lowest BCUT2D eigenvalue weighted by Gasteiger charge is -2.12. The second kappa shape index (κ2) is 7.93. The van der Waals surface area contributed by atoms with Crippen LogP contribution in [0.1, 0.15) is 41.3 Å². The van der Waals surface area contributed by atoms with Crippen molar-refractivity contribution in [2.75, 3.05) is 13.7 Å². The fourth-order valence-electron chi connectivity index (χ4n) is 2.77. The Morgan fingerprint density at radius 2 is 2.07 bits per heavy atom. The van der Waals surface area contributed by atoms with Gasteiger partial charge in [0, 0.05) is 30.5 Å². The third-order valence-corrected chi connectivity index (χ3v) is 4.76. The van der Waals surface area contributed by atoms with Gasteiger partial charge in [0.25, 0.3) is 0 Å². The molecule has 3 aromatic rings. The van der Waals surface area contributed by atoms with Crippen LogP contribution in [-0.4, -0.2) is 38.6 Å². The molecule has 9 heteroatoms. The molecule has 0 unspecified atom stereocenters. The minimum atomic E-state index is -0.668. The Morgan fingerprint density at radius 1 is 1.30 bits per heavy atom. The molecular formula is C18H20N4O4S. The molecule has 0 aliphatic rings. The molecule has 0 saturated heterocycles. The van der Waals surface area contributed by atoms with Crippen molar-refractivity contribution in [1.29, 1.82) is 0 Å². The van der Waals surface area contributed by atoms with Crippen LogP contribution in [0.4, 0.5) is 0 Å². The molecule has 0 spiro atoms. The van der Waals surface area contributed by atoms with Crippen molar-refractivity contribution in [2.45, 2.75) is 33.8 Å². The number of fused-ring (bicyclic) bond motifs is 1. The predicted octanol–water partition coefficient (Wildman–Crippen LogP) is 2.43. The van der Waals surface area contributed by atoms with Crippen molar-refractivity contribution in [1.82, 2.24) is 18.9 Å². The Kier molecular flexibility index (Phi) is 5.62. The summed E-state index contributed by atoms with van der Waals surface area (Å²) in [5, 5.41) is 0.874. The number of aryl methyl sites for hydroxylation is 2. The van der Waals surface area contributed by atoms with Gasteiger partial charge in [0.05, 0.1) is 12.0 Å². The molecule has 142 valence electrons. The summed E-state index contributed by atoms with van der Waals surface area (Å²) < 4.78 is 16.0. The van der Waals surface area contributed by atoms with E-state index in [0.29, 0.717) is 22.0 Å². The largest absolute Gasteiger partial charge is 0.462 e. The van der Waals surface area contributed by atoms with Gasteiger partial charge in [-0.1, -0.05) is 6.92 Å². The van der Waals surface area contributed by atoms with Crippen molar-refractivity contribution >= 4 is 28.5 Å². The Morgan fingerprint density at radius 3 is 2.74 bits per heavy atom. The molecule has 0 aliphatic carbocycles. The number of carbonyl (C=O) groups excluding carboxylic acids is 1. The number of hydrogen-bond donors (Lipinski definition) is 0. The van der Waals surface area contributed by atoms with Gasteiger partial charge in [-0.05, 0) is 31.9 Å². The van der Waals surface area contributed by atoms with Gasteiger partial charge in [0.1, 0.15) is 12.2 Å². The maximum Gasteiger partial charge on any atom is 0.343 e. The highest BCUT2D eigenvalue weighted by Crippen LogP contribution is 2.21. The second-order valence-electron chi connectivity index (χ2n) is 5.87. The number of rotatable bonds is 6. The molecule has 3 rings (SSSR count). The van der Waals surface area contributed by atoms with Gasteiger partial charge in [-0.15, -0.1) is 0 Å². The van der Waals surface area contributed by atoms with Crippen molar-refractivity contribution in [3.05, 3.63) is 45.1 Å². The zero-order chi connectivity index (χ0) is 19.6. The standard InChI is InChI=1S/C18H20N4O4S/c1-5-11-7-10(3)14-15(23)12(17(24)26-6-2)8-22(16(14)19-11)18-20-13(9-25-4)21-27-18/h7-8H,5-6,9H2,1-4H3. The van der Waals surface area contributed by atoms with Crippen molar-refractivity contribution in [2.24, 2.45) is 0 Å². The number of aromatic nitrogens is 4. The van der Waals surface area contributed by atoms with E-state index in [-0.39, 0.29) is 18.8 Å². The van der Waals surface area contributed by atoms with Gasteiger partial charge in [0.15, 0.2) is 11.5 Å². The van der Waals surface area contributed by atoms with Crippen LogP contribution in [0.15, 0.2) is 17.1 Å². The first kappa shape index (κ1) is 19.1. The molecule has 8 nitrogen and oxygen atoms in total. The number of methoxy groups -OCH3 is 1. The van der Waals surface area contributed by atoms with E-state index < -0.39 is 11.4 Å². The van der Waals surface area contributed by atoms with Gasteiger partial charge < -0.3 is 9.47 Å². The topological polar surface area (TPSA) is 96.2 Å². The Hall–Kier alpha value is -2.65. The normalized spacial score (nSPS) is 11.1. The summed E-state index contributed by atoms with van der Waals surface area (Å²) in [6.07, 6.45) is 2.15. The number of ether oxygens (including phenoxy) is 2. The fourth-order valence-corrected chi connectivity index (χ4v) is 3.43. The van der Waals surface area contributed by atoms with Gasteiger partial charge in [0.2, 0.25) is 10.6 Å². The molecule has 0 aliphatic heterocycles. The molecule has 0 radical (unpaired) electrons. The highest BCUT2D eigenvalue weighted by atomic mass is 32.1. The van der Waals surface area contributed by atoms with Crippen molar-refractivity contribution in [3.63, 3.8) is 0 Å². The summed E-state index contributed by atoms with van der Waals surface area (Å²) in [4.78, 5) is 34.3. The lowest BCUT2D eigenvalue weighted by Crippen LogP contribution is -2.22. The zero-order valence-electron chi connectivity index (χ0n) is 15.6. The van der Waals surface area contributed by atoms with Crippen LogP contribution >= 0.6 is 11.5 Å². The van der Waals surface area contributed by atoms with Crippen LogP contribution in [0.2, 0.25) is 0 Å². The lowest BCUT2D eigenvalue weighted by molar-refractivity contribution is 0.0524. The van der Waals surface area contributed by atoms with Gasteiger partial charge >= 0.3 is 5.97 Å². The Balaban J connectivity index is 2.34. The minimum Gasteiger partial charge on any atom is -0.462 e. The van der Waals surface area contributed by atoms with Crippen LogP contribution in [-0.2, 0) is 22.5 Å². The van der Waals surface area contributed by atoms with E-state index in [1.54, 1.807) is 18.6 Å². The number of pyridine rings is 2. The summed E-state index contributed by atoms with van der Waals surface area (Å²) in [7, 11) is 1.56. The first-order chi connectivity index (χ1) is 13.0. The molecule has 0 N–H and O–H groups in total. The fraction of sp³-hybridized carbons (Fsp3) is 0.389. The Bertz CT molecular complexity index is 1060. The van der Waals surface area contributed by atoms with Gasteiger partial charge in [-0.25, -0.2) is 14.8 Å². The lowest BCUT2D eigenvalue weighted by atomic mass is 10.1. The highest BCUT2D eigenvalue weighted by molar-refractivity contribution is 7.08. The van der Waals surface area contributed by atoms with Crippen LogP contribution < -0.4 is 5.43 Å². The summed E-state index contributed by atoms with van der Waals surface area (Å²) in [6.45, 7) is 5.97. The molecule has 3 aromatic heterocycles. The van der Waals surface area contributed by atoms with E-state index in [2.05, 4.69) is 14.3 Å². The van der Waals surface area contributed by atoms with E-state index >= 15 is 0 Å². The minimum absolute atomic E-state index is 0.0537. The van der Waals surface area contributed by atoms with Crippen LogP contribution in [0.25, 0.3) is 16.2 Å². The first-order valence-electron chi connectivity index (χ1n) is 8.55. The molecule has 0 amide bonds. The molecule has 0 atom stereocenters. The molecule has 27 heavy (non-hydrogen) atoms. The van der Waals surface area contributed by atoms with E-state index in [4.69, 9.17) is 9.47 Å². The first-order valence-corrected chi connectivity index (χ1v) is 9.32. The van der Waals surface area contributed by atoms with Gasteiger partial charge in [-0.3, -0.25) is 9.36 Å². The number of hydrogen-bond acceptors (Lipinski definition) is 8. The second-order valence-corrected chi connectivity index (χ2v) is 6.60. The molecular weight excluding hydrogens is 368 g/mol. The molecule has 0 bridgehead atoms. The van der Waals surface area contributed by atoms with E-state index in [1.807, 2.05) is 19.9 Å². The molecule has 0 fully saturated rings. The number of esters is 1. The monoisotopic (exact) mass is 388 g/mol. The molecule has 3 heterocycles. The van der Waals surface area contributed by atoms with Crippen LogP contribution in [0, 0.1) is 6.92 Å². The summed E-state index contributed by atoms with van der Waals surface area (Å²) >= 11 is 1.14. The highest BCUT2D eigenvalue weighted by Gasteiger charge is 2.21. The maximum atomic E-state index is 12.9. The van der Waals surface area contributed by atoms with Crippen molar-refractivity contribution < 1.29 is 14.3 Å². The average molecular weight is 388 g/mol.